The molecule has 10 heteroatoms. The van der Waals surface area contributed by atoms with Crippen molar-refractivity contribution in [1.29, 1.82) is 0 Å². The number of ether oxygens (including phenoxy) is 2. The number of carbonyl (C=O) groups is 1. The summed E-state index contributed by atoms with van der Waals surface area (Å²) in [5.41, 5.74) is 9.38. The molecule has 3 aromatic heterocycles. The van der Waals surface area contributed by atoms with E-state index in [0.29, 0.717) is 24.7 Å². The predicted octanol–water partition coefficient (Wildman–Crippen LogP) is 4.22. The molecular formula is C31H31N7O3. The van der Waals surface area contributed by atoms with Crippen LogP contribution >= 0.6 is 0 Å². The first-order valence-corrected chi connectivity index (χ1v) is 14.2. The molecule has 1 aromatic carbocycles. The fraction of sp³-hybridized carbons (Fsp3) is 0.355. The number of fused-ring (bicyclic) bond motifs is 2. The van der Waals surface area contributed by atoms with Crippen molar-refractivity contribution in [3.05, 3.63) is 93.8 Å². The van der Waals surface area contributed by atoms with Crippen LogP contribution in [0.4, 0.5) is 0 Å². The van der Waals surface area contributed by atoms with Gasteiger partial charge in [-0.2, -0.15) is 10.2 Å². The summed E-state index contributed by atoms with van der Waals surface area (Å²) in [4.78, 5) is 16.7. The molecule has 208 valence electrons. The topological polar surface area (TPSA) is 117 Å². The second-order valence-electron chi connectivity index (χ2n) is 10.9. The molecule has 0 saturated heterocycles. The zero-order valence-electron chi connectivity index (χ0n) is 23.0. The van der Waals surface area contributed by atoms with Crippen LogP contribution in [0.25, 0.3) is 5.57 Å². The highest BCUT2D eigenvalue weighted by atomic mass is 16.7. The van der Waals surface area contributed by atoms with Crippen LogP contribution < -0.4 is 14.8 Å². The minimum atomic E-state index is -0.248. The monoisotopic (exact) mass is 549 g/mol. The number of nitrogens with zero attached hydrogens (tertiary/aromatic N) is 6. The highest BCUT2D eigenvalue weighted by molar-refractivity contribution is 5.91. The van der Waals surface area contributed by atoms with Crippen molar-refractivity contribution in [2.45, 2.75) is 58.5 Å². The maximum atomic E-state index is 12.5. The van der Waals surface area contributed by atoms with E-state index in [9.17, 15) is 4.79 Å². The smallest absolute Gasteiger partial charge is 0.273 e. The van der Waals surface area contributed by atoms with Gasteiger partial charge in [0.15, 0.2) is 17.2 Å². The van der Waals surface area contributed by atoms with Crippen LogP contribution in [0, 0.1) is 12.8 Å². The Kier molecular flexibility index (Phi) is 6.66. The molecule has 4 aromatic rings. The van der Waals surface area contributed by atoms with E-state index in [1.807, 2.05) is 25.1 Å². The maximum absolute atomic E-state index is 12.5. The van der Waals surface area contributed by atoms with Crippen molar-refractivity contribution >= 4 is 11.5 Å². The summed E-state index contributed by atoms with van der Waals surface area (Å²) in [6.45, 7) is 3.28. The largest absolute Gasteiger partial charge is 0.454 e. The van der Waals surface area contributed by atoms with Gasteiger partial charge in [0, 0.05) is 37.0 Å². The molecule has 10 nitrogen and oxygen atoms in total. The van der Waals surface area contributed by atoms with Gasteiger partial charge in [-0.1, -0.05) is 22.9 Å². The molecule has 0 bridgehead atoms. The van der Waals surface area contributed by atoms with E-state index >= 15 is 0 Å². The van der Waals surface area contributed by atoms with Gasteiger partial charge in [-0.15, -0.1) is 5.10 Å². The van der Waals surface area contributed by atoms with Gasteiger partial charge in [0.2, 0.25) is 6.79 Å². The summed E-state index contributed by atoms with van der Waals surface area (Å²) in [6.07, 6.45) is 9.45. The molecule has 1 saturated carbocycles. The first-order chi connectivity index (χ1) is 20.1. The Hall–Kier alpha value is -4.60. The second kappa shape index (κ2) is 10.8. The Morgan fingerprint density at radius 1 is 1.05 bits per heavy atom. The minimum Gasteiger partial charge on any atom is -0.454 e. The second-order valence-corrected chi connectivity index (χ2v) is 10.9. The van der Waals surface area contributed by atoms with Gasteiger partial charge in [-0.05, 0) is 85.9 Å². The molecule has 1 fully saturated rings. The zero-order chi connectivity index (χ0) is 27.8. The van der Waals surface area contributed by atoms with Crippen molar-refractivity contribution < 1.29 is 14.3 Å². The van der Waals surface area contributed by atoms with Crippen LogP contribution in [0.3, 0.4) is 0 Å². The number of hydrogen-bond acceptors (Lipinski definition) is 8. The molecule has 0 atom stereocenters. The first-order valence-electron chi connectivity index (χ1n) is 14.2. The molecule has 0 spiro atoms. The van der Waals surface area contributed by atoms with Crippen LogP contribution in [0.15, 0.2) is 54.4 Å². The Morgan fingerprint density at radius 2 is 1.95 bits per heavy atom. The Morgan fingerprint density at radius 3 is 2.80 bits per heavy atom. The fourth-order valence-electron chi connectivity index (χ4n) is 5.51. The van der Waals surface area contributed by atoms with Gasteiger partial charge in [0.05, 0.1) is 17.6 Å². The summed E-state index contributed by atoms with van der Waals surface area (Å²) in [5.74, 6) is 2.00. The summed E-state index contributed by atoms with van der Waals surface area (Å²) in [7, 11) is 0. The molecule has 7 rings (SSSR count). The number of benzene rings is 1. The highest BCUT2D eigenvalue weighted by Crippen LogP contribution is 2.49. The molecule has 41 heavy (non-hydrogen) atoms. The summed E-state index contributed by atoms with van der Waals surface area (Å²) < 4.78 is 12.9. The number of amides is 1. The van der Waals surface area contributed by atoms with E-state index in [0.717, 1.165) is 65.4 Å². The molecule has 2 aliphatic carbocycles. The Balaban J connectivity index is 0.961. The van der Waals surface area contributed by atoms with Crippen LogP contribution in [0.5, 0.6) is 11.5 Å². The third kappa shape index (κ3) is 5.41. The molecule has 0 radical (unpaired) electrons. The van der Waals surface area contributed by atoms with Crippen molar-refractivity contribution in [3.63, 3.8) is 0 Å². The van der Waals surface area contributed by atoms with Crippen molar-refractivity contribution in [3.8, 4) is 11.5 Å². The SMILES string of the molecule is Cc1ccc(CNC(=O)c2cn(CCCCc3cc4c(nn3)CC(C3CC3)=C4c3ccc4c(c3)OCO4)nn2)cn1. The quantitative estimate of drug-likeness (QED) is 0.292. The van der Waals surface area contributed by atoms with Crippen LogP contribution in [-0.4, -0.2) is 42.9 Å². The predicted molar refractivity (Wildman–Crippen MR) is 150 cm³/mol. The van der Waals surface area contributed by atoms with Gasteiger partial charge in [-0.25, -0.2) is 0 Å². The molecule has 3 aliphatic rings. The molecule has 1 N–H and O–H groups in total. The average molecular weight is 550 g/mol. The number of aryl methyl sites for hydroxylation is 3. The fourth-order valence-corrected chi connectivity index (χ4v) is 5.51. The molecule has 0 unspecified atom stereocenters. The van der Waals surface area contributed by atoms with Gasteiger partial charge in [0.1, 0.15) is 0 Å². The summed E-state index contributed by atoms with van der Waals surface area (Å²) in [6, 6.07) is 12.3. The van der Waals surface area contributed by atoms with Gasteiger partial charge in [0.25, 0.3) is 5.91 Å². The standard InChI is InChI=1S/C31H31N7O3/c1-19-5-6-20(15-32-19)16-33-31(39)27-17-38(37-36-27)11-3-2-4-23-13-25-26(35-34-23)14-24(21-7-8-21)30(25)22-9-10-28-29(12-22)41-18-40-28/h5-6,9-10,12-13,15,17,21H,2-4,7-8,11,14,16,18H2,1H3,(H,33,39). The highest BCUT2D eigenvalue weighted by Gasteiger charge is 2.35. The van der Waals surface area contributed by atoms with Crippen molar-refractivity contribution in [2.24, 2.45) is 5.92 Å². The van der Waals surface area contributed by atoms with Crippen LogP contribution in [0.2, 0.25) is 0 Å². The van der Waals surface area contributed by atoms with E-state index in [-0.39, 0.29) is 12.7 Å². The van der Waals surface area contributed by atoms with Gasteiger partial charge >= 0.3 is 0 Å². The molecule has 4 heterocycles. The van der Waals surface area contributed by atoms with E-state index in [2.05, 4.69) is 49.0 Å². The van der Waals surface area contributed by atoms with Crippen LogP contribution in [0.1, 0.15) is 69.9 Å². The van der Waals surface area contributed by atoms with Crippen LogP contribution in [-0.2, 0) is 25.9 Å². The number of hydrogen-bond donors (Lipinski definition) is 1. The molecule has 1 amide bonds. The zero-order valence-corrected chi connectivity index (χ0v) is 23.0. The molecule has 1 aliphatic heterocycles. The lowest BCUT2D eigenvalue weighted by molar-refractivity contribution is 0.0945. The Labute approximate surface area is 237 Å². The third-order valence-electron chi connectivity index (χ3n) is 7.87. The summed E-state index contributed by atoms with van der Waals surface area (Å²) >= 11 is 0. The number of unbranched alkanes of at least 4 members (excludes halogenated alkanes) is 1. The van der Waals surface area contributed by atoms with E-state index in [1.165, 1.54) is 29.6 Å². The average Bonchev–Trinajstić information content (AvgIpc) is 3.37. The lowest BCUT2D eigenvalue weighted by Crippen LogP contribution is -2.23. The normalized spacial score (nSPS) is 15.3. The number of pyridine rings is 1. The number of rotatable bonds is 10. The number of nitrogens with one attached hydrogen (secondary N) is 1. The molecular weight excluding hydrogens is 518 g/mol. The minimum absolute atomic E-state index is 0.248. The van der Waals surface area contributed by atoms with E-state index in [4.69, 9.17) is 9.47 Å². The first kappa shape index (κ1) is 25.4. The van der Waals surface area contributed by atoms with Gasteiger partial charge < -0.3 is 14.8 Å². The lowest BCUT2D eigenvalue weighted by atomic mass is 9.95. The van der Waals surface area contributed by atoms with Gasteiger partial charge in [-0.3, -0.25) is 14.5 Å². The summed E-state index contributed by atoms with van der Waals surface area (Å²) in [5, 5.41) is 20.3. The maximum Gasteiger partial charge on any atom is 0.273 e. The number of allylic oxidation sites excluding steroid dienone is 1. The van der Waals surface area contributed by atoms with E-state index in [1.54, 1.807) is 17.1 Å². The van der Waals surface area contributed by atoms with Crippen molar-refractivity contribution in [2.75, 3.05) is 6.79 Å². The van der Waals surface area contributed by atoms with E-state index < -0.39 is 0 Å². The number of carbonyl (C=O) groups excluding carboxylic acids is 1. The third-order valence-corrected chi connectivity index (χ3v) is 7.87. The van der Waals surface area contributed by atoms with Crippen molar-refractivity contribution in [1.82, 2.24) is 35.5 Å². The lowest BCUT2D eigenvalue weighted by Gasteiger charge is -2.10. The number of aromatic nitrogens is 6. The Bertz CT molecular complexity index is 1640.